The molecule has 0 N–H and O–H groups in total. The molecule has 1 amide bonds. The summed E-state index contributed by atoms with van der Waals surface area (Å²) in [6.45, 7) is 4.14. The maximum absolute atomic E-state index is 12.7. The molecule has 122 valence electrons. The third kappa shape index (κ3) is 4.34. The highest BCUT2D eigenvalue weighted by Gasteiger charge is 2.23. The van der Waals surface area contributed by atoms with E-state index in [1.165, 1.54) is 0 Å². The summed E-state index contributed by atoms with van der Waals surface area (Å²) in [5.41, 5.74) is 1.58. The monoisotopic (exact) mass is 312 g/mol. The number of unbranched alkanes of at least 4 members (excludes halogenated alkanes) is 1. The number of amides is 1. The van der Waals surface area contributed by atoms with Crippen LogP contribution in [0.2, 0.25) is 0 Å². The topological polar surface area (TPSA) is 59.0 Å². The molecule has 0 aromatic carbocycles. The first-order valence-corrected chi connectivity index (χ1v) is 8.15. The fourth-order valence-corrected chi connectivity index (χ4v) is 2.55. The molecule has 5 heteroatoms. The summed E-state index contributed by atoms with van der Waals surface area (Å²) >= 11 is 0. The number of aryl methyl sites for hydroxylation is 1. The van der Waals surface area contributed by atoms with Gasteiger partial charge in [-0.2, -0.15) is 0 Å². The van der Waals surface area contributed by atoms with Crippen LogP contribution in [-0.2, 0) is 6.42 Å². The molecule has 0 aliphatic carbocycles. The first-order valence-electron chi connectivity index (χ1n) is 8.15. The van der Waals surface area contributed by atoms with Crippen molar-refractivity contribution in [1.29, 1.82) is 0 Å². The minimum absolute atomic E-state index is 0.0157. The van der Waals surface area contributed by atoms with Gasteiger partial charge in [-0.15, -0.1) is 0 Å². The lowest BCUT2D eigenvalue weighted by Crippen LogP contribution is -2.31. The maximum atomic E-state index is 12.7. The summed E-state index contributed by atoms with van der Waals surface area (Å²) in [6.07, 6.45) is 10.6. The predicted octanol–water partition coefficient (Wildman–Crippen LogP) is 3.44. The SMILES string of the molecule is CCCC[C@H](c1cccnc1)N(C)C(=O)c1cnc(CC)nc1. The van der Waals surface area contributed by atoms with Gasteiger partial charge in [0.25, 0.3) is 5.91 Å². The molecule has 2 aromatic heterocycles. The molecule has 0 fully saturated rings. The van der Waals surface area contributed by atoms with E-state index in [-0.39, 0.29) is 11.9 Å². The maximum Gasteiger partial charge on any atom is 0.257 e. The summed E-state index contributed by atoms with van der Waals surface area (Å²) in [4.78, 5) is 27.2. The Morgan fingerprint density at radius 3 is 2.52 bits per heavy atom. The third-order valence-electron chi connectivity index (χ3n) is 3.96. The van der Waals surface area contributed by atoms with Crippen molar-refractivity contribution in [3.8, 4) is 0 Å². The Balaban J connectivity index is 2.21. The highest BCUT2D eigenvalue weighted by atomic mass is 16.2. The molecule has 5 nitrogen and oxygen atoms in total. The van der Waals surface area contributed by atoms with Crippen LogP contribution in [0.1, 0.15) is 60.9 Å². The molecule has 0 spiro atoms. The average Bonchev–Trinajstić information content (AvgIpc) is 2.62. The number of carbonyl (C=O) groups excluding carboxylic acids is 1. The van der Waals surface area contributed by atoms with E-state index >= 15 is 0 Å². The van der Waals surface area contributed by atoms with Crippen molar-refractivity contribution < 1.29 is 4.79 Å². The highest BCUT2D eigenvalue weighted by Crippen LogP contribution is 2.26. The van der Waals surface area contributed by atoms with Crippen LogP contribution in [0.15, 0.2) is 36.9 Å². The van der Waals surface area contributed by atoms with Gasteiger partial charge in [-0.05, 0) is 18.1 Å². The van der Waals surface area contributed by atoms with E-state index in [1.54, 1.807) is 23.5 Å². The van der Waals surface area contributed by atoms with Gasteiger partial charge in [-0.1, -0.05) is 32.8 Å². The van der Waals surface area contributed by atoms with E-state index in [4.69, 9.17) is 0 Å². The van der Waals surface area contributed by atoms with Crippen LogP contribution in [0.5, 0.6) is 0 Å². The Kier molecular flexibility index (Phi) is 6.20. The number of pyridine rings is 1. The van der Waals surface area contributed by atoms with E-state index in [2.05, 4.69) is 21.9 Å². The Morgan fingerprint density at radius 2 is 1.96 bits per heavy atom. The average molecular weight is 312 g/mol. The zero-order valence-electron chi connectivity index (χ0n) is 14.1. The number of nitrogens with zero attached hydrogens (tertiary/aromatic N) is 4. The number of rotatable bonds is 7. The molecule has 0 bridgehead atoms. The molecular formula is C18H24N4O. The second-order valence-electron chi connectivity index (χ2n) is 5.60. The first-order chi connectivity index (χ1) is 11.2. The van der Waals surface area contributed by atoms with E-state index in [0.29, 0.717) is 5.56 Å². The van der Waals surface area contributed by atoms with Crippen molar-refractivity contribution in [3.05, 3.63) is 53.9 Å². The molecule has 0 aliphatic rings. The van der Waals surface area contributed by atoms with Gasteiger partial charge in [-0.3, -0.25) is 9.78 Å². The summed E-state index contributed by atoms with van der Waals surface area (Å²) in [5, 5.41) is 0. The molecule has 1 atom stereocenters. The summed E-state index contributed by atoms with van der Waals surface area (Å²) in [7, 11) is 1.84. The van der Waals surface area contributed by atoms with Gasteiger partial charge in [0.1, 0.15) is 5.82 Å². The van der Waals surface area contributed by atoms with Crippen molar-refractivity contribution in [2.75, 3.05) is 7.05 Å². The van der Waals surface area contributed by atoms with Gasteiger partial charge < -0.3 is 4.90 Å². The molecule has 23 heavy (non-hydrogen) atoms. The van der Waals surface area contributed by atoms with Crippen LogP contribution >= 0.6 is 0 Å². The van der Waals surface area contributed by atoms with Crippen molar-refractivity contribution in [3.63, 3.8) is 0 Å². The summed E-state index contributed by atoms with van der Waals surface area (Å²) in [6, 6.07) is 3.95. The fourth-order valence-electron chi connectivity index (χ4n) is 2.55. The second kappa shape index (κ2) is 8.36. The molecule has 0 aliphatic heterocycles. The van der Waals surface area contributed by atoms with Gasteiger partial charge in [0.2, 0.25) is 0 Å². The molecule has 0 unspecified atom stereocenters. The van der Waals surface area contributed by atoms with Crippen molar-refractivity contribution >= 4 is 5.91 Å². The number of hydrogen-bond acceptors (Lipinski definition) is 4. The van der Waals surface area contributed by atoms with E-state index in [1.807, 2.05) is 32.3 Å². The standard InChI is InChI=1S/C18H24N4O/c1-4-6-9-16(14-8-7-10-19-11-14)22(3)18(23)15-12-20-17(5-2)21-13-15/h7-8,10-13,16H,4-6,9H2,1-3H3/t16-/m1/s1. The van der Waals surface area contributed by atoms with Gasteiger partial charge in [0.05, 0.1) is 11.6 Å². The van der Waals surface area contributed by atoms with Crippen LogP contribution in [0, 0.1) is 0 Å². The largest absolute Gasteiger partial charge is 0.335 e. The molecule has 0 radical (unpaired) electrons. The summed E-state index contributed by atoms with van der Waals surface area (Å²) < 4.78 is 0. The lowest BCUT2D eigenvalue weighted by atomic mass is 10.0. The van der Waals surface area contributed by atoms with Crippen LogP contribution in [0.4, 0.5) is 0 Å². The lowest BCUT2D eigenvalue weighted by molar-refractivity contribution is 0.0719. The molecule has 2 heterocycles. The smallest absolute Gasteiger partial charge is 0.257 e. The molecule has 0 saturated carbocycles. The van der Waals surface area contributed by atoms with E-state index in [0.717, 1.165) is 37.1 Å². The number of hydrogen-bond donors (Lipinski definition) is 0. The number of carbonyl (C=O) groups is 1. The van der Waals surface area contributed by atoms with Crippen molar-refractivity contribution in [2.24, 2.45) is 0 Å². The van der Waals surface area contributed by atoms with Crippen LogP contribution < -0.4 is 0 Å². The van der Waals surface area contributed by atoms with Gasteiger partial charge in [0, 0.05) is 38.3 Å². The minimum atomic E-state index is -0.0578. The Labute approximate surface area is 137 Å². The second-order valence-corrected chi connectivity index (χ2v) is 5.60. The molecular weight excluding hydrogens is 288 g/mol. The highest BCUT2D eigenvalue weighted by molar-refractivity contribution is 5.93. The van der Waals surface area contributed by atoms with Crippen LogP contribution in [0.3, 0.4) is 0 Å². The summed E-state index contributed by atoms with van der Waals surface area (Å²) in [5.74, 6) is 0.691. The Bertz CT molecular complexity index is 613. The molecule has 0 saturated heterocycles. The number of aromatic nitrogens is 3. The quantitative estimate of drug-likeness (QED) is 0.786. The van der Waals surface area contributed by atoms with E-state index < -0.39 is 0 Å². The van der Waals surface area contributed by atoms with Crippen molar-refractivity contribution in [1.82, 2.24) is 19.9 Å². The van der Waals surface area contributed by atoms with Crippen LogP contribution in [-0.4, -0.2) is 32.8 Å². The molecule has 2 aromatic rings. The fraction of sp³-hybridized carbons (Fsp3) is 0.444. The van der Waals surface area contributed by atoms with Gasteiger partial charge in [0.15, 0.2) is 0 Å². The van der Waals surface area contributed by atoms with Crippen molar-refractivity contribution in [2.45, 2.75) is 45.6 Å². The van der Waals surface area contributed by atoms with Gasteiger partial charge in [-0.25, -0.2) is 9.97 Å². The Morgan fingerprint density at radius 1 is 1.22 bits per heavy atom. The zero-order valence-corrected chi connectivity index (χ0v) is 14.1. The lowest BCUT2D eigenvalue weighted by Gasteiger charge is -2.28. The first kappa shape index (κ1) is 17.1. The minimum Gasteiger partial charge on any atom is -0.335 e. The molecule has 2 rings (SSSR count). The van der Waals surface area contributed by atoms with Gasteiger partial charge >= 0.3 is 0 Å². The zero-order chi connectivity index (χ0) is 16.7. The van der Waals surface area contributed by atoms with Crippen LogP contribution in [0.25, 0.3) is 0 Å². The van der Waals surface area contributed by atoms with E-state index in [9.17, 15) is 4.79 Å². The third-order valence-corrected chi connectivity index (χ3v) is 3.96. The Hall–Kier alpha value is -2.30. The normalized spacial score (nSPS) is 12.0. The predicted molar refractivity (Wildman–Crippen MR) is 90.0 cm³/mol.